The summed E-state index contributed by atoms with van der Waals surface area (Å²) in [5.74, 6) is -5.84. The molecule has 3 N–H and O–H groups in total. The molecule has 0 atom stereocenters. The van der Waals surface area contributed by atoms with Crippen LogP contribution in [0.15, 0.2) is 0 Å². The number of imide groups is 1. The van der Waals surface area contributed by atoms with Gasteiger partial charge in [0.2, 0.25) is 0 Å². The minimum absolute atomic E-state index is 0.0470. The third-order valence-corrected chi connectivity index (χ3v) is 7.24. The van der Waals surface area contributed by atoms with Crippen LogP contribution in [0.5, 0.6) is 0 Å². The van der Waals surface area contributed by atoms with Crippen LogP contribution in [0, 0.1) is 0 Å². The van der Waals surface area contributed by atoms with Crippen molar-refractivity contribution < 1.29 is 55.1 Å². The van der Waals surface area contributed by atoms with Gasteiger partial charge in [-0.1, -0.05) is 17.9 Å². The second-order valence-corrected chi connectivity index (χ2v) is 9.20. The van der Waals surface area contributed by atoms with Crippen LogP contribution in [-0.2, 0) is 44.3 Å². The Bertz CT molecular complexity index is 812. The number of carboxylic acid groups (broad SMARTS) is 1. The Morgan fingerprint density at radius 2 is 1.44 bits per heavy atom. The van der Waals surface area contributed by atoms with E-state index in [1.807, 2.05) is 0 Å². The second-order valence-electron chi connectivity index (χ2n) is 5.64. The quantitative estimate of drug-likeness (QED) is 0.218. The smallest absolute Gasteiger partial charge is 0.333 e. The summed E-state index contributed by atoms with van der Waals surface area (Å²) in [5.41, 5.74) is 0. The highest BCUT2D eigenvalue weighted by atomic mass is 32.3. The minimum atomic E-state index is -5.80. The lowest BCUT2D eigenvalue weighted by Gasteiger charge is -2.19. The molecule has 0 aromatic carbocycles. The summed E-state index contributed by atoms with van der Waals surface area (Å²) in [6.45, 7) is 0. The molecule has 0 unspecified atom stereocenters. The van der Waals surface area contributed by atoms with Gasteiger partial charge >= 0.3 is 21.9 Å². The van der Waals surface area contributed by atoms with Crippen LogP contribution in [0.25, 0.3) is 0 Å². The molecule has 1 fully saturated rings. The van der Waals surface area contributed by atoms with Crippen molar-refractivity contribution in [1.29, 1.82) is 0 Å². The molecule has 1 heterocycles. The summed E-state index contributed by atoms with van der Waals surface area (Å²) in [6, 6.07) is 0. The number of amides is 2. The van der Waals surface area contributed by atoms with E-state index in [1.54, 1.807) is 0 Å². The van der Waals surface area contributed by atoms with Gasteiger partial charge in [0.15, 0.2) is 0 Å². The SMILES string of the molecule is O=C(O)CCCCCCC(=O)ON1C(=O)CC(S(=O)(=O)O)(S(=O)(=O)O)C1=O. The van der Waals surface area contributed by atoms with E-state index in [4.69, 9.17) is 14.2 Å². The molecule has 154 valence electrons. The molecule has 2 amide bonds. The van der Waals surface area contributed by atoms with Crippen LogP contribution in [0.2, 0.25) is 0 Å². The number of carbonyl (C=O) groups is 4. The Hall–Kier alpha value is -2.10. The number of rotatable bonds is 10. The van der Waals surface area contributed by atoms with Gasteiger partial charge in [-0.3, -0.25) is 23.5 Å². The number of hydrogen-bond donors (Lipinski definition) is 3. The molecule has 0 spiro atoms. The molecule has 0 aromatic heterocycles. The highest BCUT2D eigenvalue weighted by Gasteiger charge is 2.70. The topological polar surface area (TPSA) is 210 Å². The number of hydrogen-bond acceptors (Lipinski definition) is 9. The lowest BCUT2D eigenvalue weighted by molar-refractivity contribution is -0.197. The maximum atomic E-state index is 12.0. The van der Waals surface area contributed by atoms with Crippen molar-refractivity contribution in [2.45, 2.75) is 49.0 Å². The zero-order valence-electron chi connectivity index (χ0n) is 13.7. The van der Waals surface area contributed by atoms with Gasteiger partial charge in [-0.15, -0.1) is 0 Å². The third-order valence-electron chi connectivity index (χ3n) is 3.67. The van der Waals surface area contributed by atoms with E-state index in [-0.39, 0.29) is 19.3 Å². The molecule has 1 aliphatic rings. The largest absolute Gasteiger partial charge is 0.481 e. The summed E-state index contributed by atoms with van der Waals surface area (Å²) < 4.78 is 59.6. The number of carboxylic acids is 1. The summed E-state index contributed by atoms with van der Waals surface area (Å²) >= 11 is 0. The lowest BCUT2D eigenvalue weighted by Crippen LogP contribution is -2.52. The number of carbonyl (C=O) groups excluding carboxylic acids is 3. The van der Waals surface area contributed by atoms with E-state index >= 15 is 0 Å². The van der Waals surface area contributed by atoms with Crippen molar-refractivity contribution in [3.8, 4) is 0 Å². The molecule has 13 nitrogen and oxygen atoms in total. The van der Waals surface area contributed by atoms with Crippen LogP contribution < -0.4 is 0 Å². The molecule has 15 heteroatoms. The fourth-order valence-electron chi connectivity index (χ4n) is 2.29. The molecular formula is C12H17NO12S2. The maximum Gasteiger partial charge on any atom is 0.333 e. The maximum absolute atomic E-state index is 12.0. The first-order valence-electron chi connectivity index (χ1n) is 7.48. The van der Waals surface area contributed by atoms with E-state index in [9.17, 15) is 36.0 Å². The Kier molecular flexibility index (Phi) is 7.04. The first-order valence-corrected chi connectivity index (χ1v) is 10.4. The average Bonchev–Trinajstić information content (AvgIpc) is 2.75. The summed E-state index contributed by atoms with van der Waals surface area (Å²) in [7, 11) is -11.6. The van der Waals surface area contributed by atoms with Crippen molar-refractivity contribution in [3.05, 3.63) is 0 Å². The minimum Gasteiger partial charge on any atom is -0.481 e. The van der Waals surface area contributed by atoms with Crippen molar-refractivity contribution >= 4 is 44.0 Å². The number of nitrogens with zero attached hydrogens (tertiary/aromatic N) is 1. The molecule has 0 radical (unpaired) electrons. The van der Waals surface area contributed by atoms with E-state index in [1.165, 1.54) is 0 Å². The van der Waals surface area contributed by atoms with Crippen LogP contribution in [0.4, 0.5) is 0 Å². The van der Waals surface area contributed by atoms with E-state index in [0.717, 1.165) is 0 Å². The summed E-state index contributed by atoms with van der Waals surface area (Å²) in [5, 5.41) is 8.04. The lowest BCUT2D eigenvalue weighted by atomic mass is 10.1. The van der Waals surface area contributed by atoms with Crippen molar-refractivity contribution in [1.82, 2.24) is 5.06 Å². The molecule has 1 aliphatic heterocycles. The Morgan fingerprint density at radius 1 is 0.963 bits per heavy atom. The van der Waals surface area contributed by atoms with E-state index in [0.29, 0.717) is 19.3 Å². The molecule has 1 rings (SSSR count). The van der Waals surface area contributed by atoms with E-state index < -0.39 is 59.6 Å². The first kappa shape index (κ1) is 22.9. The van der Waals surface area contributed by atoms with Crippen LogP contribution >= 0.6 is 0 Å². The van der Waals surface area contributed by atoms with Crippen LogP contribution in [0.3, 0.4) is 0 Å². The Morgan fingerprint density at radius 3 is 1.85 bits per heavy atom. The molecule has 0 bridgehead atoms. The van der Waals surface area contributed by atoms with Gasteiger partial charge in [0.25, 0.3) is 26.1 Å². The average molecular weight is 431 g/mol. The standard InChI is InChI=1S/C12H17NO12S2/c14-8-7-12(26(19,20)21,27(22,23)24)11(18)13(8)25-10(17)6-4-2-1-3-5-9(15)16/h1-7H2,(H,15,16)(H,19,20,21)(H,22,23,24). The highest BCUT2D eigenvalue weighted by Crippen LogP contribution is 2.36. The van der Waals surface area contributed by atoms with Gasteiger partial charge in [-0.25, -0.2) is 4.79 Å². The van der Waals surface area contributed by atoms with E-state index in [2.05, 4.69) is 4.84 Å². The fourth-order valence-corrected chi connectivity index (χ4v) is 4.57. The van der Waals surface area contributed by atoms with Crippen molar-refractivity contribution in [2.24, 2.45) is 0 Å². The monoisotopic (exact) mass is 431 g/mol. The summed E-state index contributed by atoms with van der Waals surface area (Å²) in [4.78, 5) is 50.1. The first-order chi connectivity index (χ1) is 12.2. The molecular weight excluding hydrogens is 414 g/mol. The second kappa shape index (κ2) is 8.28. The van der Waals surface area contributed by atoms with Gasteiger partial charge in [-0.2, -0.15) is 16.8 Å². The zero-order valence-corrected chi connectivity index (χ0v) is 15.4. The van der Waals surface area contributed by atoms with Gasteiger partial charge in [-0.05, 0) is 12.8 Å². The normalized spacial score (nSPS) is 17.2. The van der Waals surface area contributed by atoms with Gasteiger partial charge in [0, 0.05) is 12.8 Å². The number of unbranched alkanes of at least 4 members (excludes halogenated alkanes) is 3. The predicted molar refractivity (Wildman–Crippen MR) is 83.7 cm³/mol. The fraction of sp³-hybridized carbons (Fsp3) is 0.667. The van der Waals surface area contributed by atoms with Crippen LogP contribution in [-0.4, -0.2) is 63.9 Å². The number of aliphatic carboxylic acids is 1. The van der Waals surface area contributed by atoms with Crippen molar-refractivity contribution in [2.75, 3.05) is 0 Å². The molecule has 0 aliphatic carbocycles. The Balaban J connectivity index is 2.74. The Labute approximate surface area is 153 Å². The molecule has 0 saturated carbocycles. The molecule has 0 aromatic rings. The van der Waals surface area contributed by atoms with Crippen molar-refractivity contribution in [3.63, 3.8) is 0 Å². The molecule has 27 heavy (non-hydrogen) atoms. The third kappa shape index (κ3) is 5.00. The predicted octanol–water partition coefficient (Wildman–Crippen LogP) is -0.899. The van der Waals surface area contributed by atoms with Crippen LogP contribution in [0.1, 0.15) is 44.9 Å². The van der Waals surface area contributed by atoms with Gasteiger partial charge < -0.3 is 9.94 Å². The van der Waals surface area contributed by atoms with Gasteiger partial charge in [0.05, 0.1) is 6.42 Å². The highest BCUT2D eigenvalue weighted by molar-refractivity contribution is 8.06. The number of hydroxylamine groups is 2. The van der Waals surface area contributed by atoms with Gasteiger partial charge in [0.1, 0.15) is 0 Å². The molecule has 1 saturated heterocycles. The zero-order chi connectivity index (χ0) is 21.0. The summed E-state index contributed by atoms with van der Waals surface area (Å²) in [6.07, 6.45) is -0.579.